The molecule has 0 amide bonds. The molecular weight excluding hydrogens is 274 g/mol. The van der Waals surface area contributed by atoms with Crippen molar-refractivity contribution in [3.63, 3.8) is 0 Å². The number of nitrogens with one attached hydrogen (secondary N) is 1. The van der Waals surface area contributed by atoms with E-state index in [9.17, 15) is 8.42 Å². The number of hydrogen-bond donors (Lipinski definition) is 1. The lowest BCUT2D eigenvalue weighted by molar-refractivity contribution is 0.388. The zero-order valence-corrected chi connectivity index (χ0v) is 12.1. The van der Waals surface area contributed by atoms with Gasteiger partial charge in [0.2, 0.25) is 10.0 Å². The molecule has 1 saturated heterocycles. The molecule has 3 rings (SSSR count). The Hall–Kier alpha value is -1.50. The van der Waals surface area contributed by atoms with E-state index in [1.54, 1.807) is 37.5 Å². The van der Waals surface area contributed by atoms with Gasteiger partial charge < -0.3 is 5.32 Å². The molecule has 2 heterocycles. The highest BCUT2D eigenvalue weighted by Crippen LogP contribution is 2.25. The van der Waals surface area contributed by atoms with Gasteiger partial charge in [0.15, 0.2) is 0 Å². The van der Waals surface area contributed by atoms with E-state index in [2.05, 4.69) is 10.3 Å². The van der Waals surface area contributed by atoms with Crippen LogP contribution in [0.3, 0.4) is 0 Å². The van der Waals surface area contributed by atoms with E-state index in [1.165, 1.54) is 4.31 Å². The monoisotopic (exact) mass is 291 g/mol. The quantitative estimate of drug-likeness (QED) is 0.923. The van der Waals surface area contributed by atoms with Crippen LogP contribution in [0.1, 0.15) is 6.42 Å². The topological polar surface area (TPSA) is 62.3 Å². The van der Waals surface area contributed by atoms with E-state index >= 15 is 0 Å². The Bertz CT molecular complexity index is 719. The minimum Gasteiger partial charge on any atom is -0.315 e. The van der Waals surface area contributed by atoms with Crippen molar-refractivity contribution in [2.45, 2.75) is 17.4 Å². The predicted molar refractivity (Wildman–Crippen MR) is 78.0 cm³/mol. The highest BCUT2D eigenvalue weighted by Gasteiger charge is 2.30. The maximum absolute atomic E-state index is 12.8. The first-order valence-electron chi connectivity index (χ1n) is 6.63. The van der Waals surface area contributed by atoms with Crippen LogP contribution in [0.4, 0.5) is 0 Å². The second-order valence-corrected chi connectivity index (χ2v) is 6.96. The summed E-state index contributed by atoms with van der Waals surface area (Å²) in [6.07, 6.45) is 2.52. The Morgan fingerprint density at radius 1 is 1.30 bits per heavy atom. The zero-order chi connectivity index (χ0) is 14.2. The summed E-state index contributed by atoms with van der Waals surface area (Å²) in [6, 6.07) is 8.80. The van der Waals surface area contributed by atoms with Gasteiger partial charge in [0.25, 0.3) is 0 Å². The van der Waals surface area contributed by atoms with Crippen molar-refractivity contribution in [2.75, 3.05) is 20.1 Å². The number of fused-ring (bicyclic) bond motifs is 1. The summed E-state index contributed by atoms with van der Waals surface area (Å²) in [7, 11) is -1.84. The third-order valence-corrected chi connectivity index (χ3v) is 5.78. The summed E-state index contributed by atoms with van der Waals surface area (Å²) in [6.45, 7) is 1.57. The van der Waals surface area contributed by atoms with E-state index in [0.29, 0.717) is 22.3 Å². The number of pyridine rings is 1. The predicted octanol–water partition coefficient (Wildman–Crippen LogP) is 1.22. The van der Waals surface area contributed by atoms with Crippen molar-refractivity contribution >= 4 is 20.9 Å². The number of rotatable bonds is 3. The minimum atomic E-state index is -3.50. The van der Waals surface area contributed by atoms with Crippen molar-refractivity contribution in [3.8, 4) is 0 Å². The second-order valence-electron chi connectivity index (χ2n) is 4.99. The molecule has 106 valence electrons. The standard InChI is InChI=1S/C14H17N3O2S/c1-17(11-7-9-15-10-11)20(18,19)14-6-2-5-13-12(14)4-3-8-16-13/h2-6,8,11,15H,7,9-10H2,1H3. The highest BCUT2D eigenvalue weighted by atomic mass is 32.2. The Morgan fingerprint density at radius 3 is 2.90 bits per heavy atom. The summed E-state index contributed by atoms with van der Waals surface area (Å²) in [5, 5.41) is 3.87. The Labute approximate surface area is 118 Å². The van der Waals surface area contributed by atoms with Crippen LogP contribution in [0, 0.1) is 0 Å². The summed E-state index contributed by atoms with van der Waals surface area (Å²) >= 11 is 0. The van der Waals surface area contributed by atoms with Gasteiger partial charge in [-0.15, -0.1) is 0 Å². The normalized spacial score (nSPS) is 19.8. The van der Waals surface area contributed by atoms with Gasteiger partial charge in [-0.3, -0.25) is 4.98 Å². The third kappa shape index (κ3) is 2.19. The number of nitrogens with zero attached hydrogens (tertiary/aromatic N) is 2. The lowest BCUT2D eigenvalue weighted by Crippen LogP contribution is -2.38. The highest BCUT2D eigenvalue weighted by molar-refractivity contribution is 7.89. The molecule has 5 nitrogen and oxygen atoms in total. The molecule has 0 saturated carbocycles. The fraction of sp³-hybridized carbons (Fsp3) is 0.357. The zero-order valence-electron chi connectivity index (χ0n) is 11.3. The van der Waals surface area contributed by atoms with Crippen LogP contribution < -0.4 is 5.32 Å². The molecule has 1 N–H and O–H groups in total. The maximum Gasteiger partial charge on any atom is 0.243 e. The molecule has 0 spiro atoms. The summed E-state index contributed by atoms with van der Waals surface area (Å²) in [4.78, 5) is 4.55. The van der Waals surface area contributed by atoms with Gasteiger partial charge in [0, 0.05) is 31.2 Å². The molecule has 0 aliphatic carbocycles. The second kappa shape index (κ2) is 5.12. The first-order chi connectivity index (χ1) is 9.60. The molecule has 1 aliphatic heterocycles. The van der Waals surface area contributed by atoms with Crippen molar-refractivity contribution < 1.29 is 8.42 Å². The fourth-order valence-electron chi connectivity index (χ4n) is 2.60. The number of aromatic nitrogens is 1. The molecular formula is C14H17N3O2S. The summed E-state index contributed by atoms with van der Waals surface area (Å²) in [5.74, 6) is 0. The maximum atomic E-state index is 12.8. The average molecular weight is 291 g/mol. The van der Waals surface area contributed by atoms with Gasteiger partial charge in [0.05, 0.1) is 10.4 Å². The van der Waals surface area contributed by atoms with Crippen molar-refractivity contribution in [3.05, 3.63) is 36.5 Å². The van der Waals surface area contributed by atoms with Gasteiger partial charge >= 0.3 is 0 Å². The number of sulfonamides is 1. The first-order valence-corrected chi connectivity index (χ1v) is 8.07. The first kappa shape index (κ1) is 13.5. The SMILES string of the molecule is CN(C1CCNC1)S(=O)(=O)c1cccc2ncccc12. The van der Waals surface area contributed by atoms with E-state index in [0.717, 1.165) is 13.0 Å². The smallest absolute Gasteiger partial charge is 0.243 e. The van der Waals surface area contributed by atoms with Crippen LogP contribution in [0.5, 0.6) is 0 Å². The van der Waals surface area contributed by atoms with Crippen LogP contribution in [-0.2, 0) is 10.0 Å². The van der Waals surface area contributed by atoms with Crippen molar-refractivity contribution in [2.24, 2.45) is 0 Å². The van der Waals surface area contributed by atoms with Gasteiger partial charge in [-0.2, -0.15) is 4.31 Å². The molecule has 0 bridgehead atoms. The van der Waals surface area contributed by atoms with Crippen molar-refractivity contribution in [1.82, 2.24) is 14.6 Å². The number of hydrogen-bond acceptors (Lipinski definition) is 4. The fourth-order valence-corrected chi connectivity index (χ4v) is 4.18. The molecule has 2 aromatic rings. The molecule has 1 aliphatic rings. The van der Waals surface area contributed by atoms with E-state index in [1.807, 2.05) is 6.07 Å². The van der Waals surface area contributed by atoms with Crippen LogP contribution in [0.15, 0.2) is 41.4 Å². The van der Waals surface area contributed by atoms with Gasteiger partial charge in [-0.25, -0.2) is 8.42 Å². The molecule has 6 heteroatoms. The number of benzene rings is 1. The van der Waals surface area contributed by atoms with Gasteiger partial charge in [-0.05, 0) is 37.2 Å². The van der Waals surface area contributed by atoms with Gasteiger partial charge in [0.1, 0.15) is 0 Å². The Morgan fingerprint density at radius 2 is 2.15 bits per heavy atom. The molecule has 1 unspecified atom stereocenters. The molecule has 0 radical (unpaired) electrons. The molecule has 20 heavy (non-hydrogen) atoms. The third-order valence-electron chi connectivity index (χ3n) is 3.81. The molecule has 1 aromatic heterocycles. The Kier molecular flexibility index (Phi) is 3.45. The van der Waals surface area contributed by atoms with E-state index in [-0.39, 0.29) is 6.04 Å². The van der Waals surface area contributed by atoms with Crippen LogP contribution >= 0.6 is 0 Å². The number of likely N-dealkylation sites (N-methyl/N-ethyl adjacent to an activating group) is 1. The average Bonchev–Trinajstić information content (AvgIpc) is 2.99. The lowest BCUT2D eigenvalue weighted by atomic mass is 10.2. The van der Waals surface area contributed by atoms with Crippen LogP contribution in [0.2, 0.25) is 0 Å². The summed E-state index contributed by atoms with van der Waals surface area (Å²) < 4.78 is 27.1. The van der Waals surface area contributed by atoms with Gasteiger partial charge in [-0.1, -0.05) is 6.07 Å². The Balaban J connectivity index is 2.09. The van der Waals surface area contributed by atoms with E-state index in [4.69, 9.17) is 0 Å². The van der Waals surface area contributed by atoms with E-state index < -0.39 is 10.0 Å². The summed E-state index contributed by atoms with van der Waals surface area (Å²) in [5.41, 5.74) is 0.700. The molecule has 1 fully saturated rings. The van der Waals surface area contributed by atoms with Crippen LogP contribution in [-0.4, -0.2) is 43.9 Å². The van der Waals surface area contributed by atoms with Crippen LogP contribution in [0.25, 0.3) is 10.9 Å². The van der Waals surface area contributed by atoms with Crippen molar-refractivity contribution in [1.29, 1.82) is 0 Å². The molecule has 1 aromatic carbocycles. The minimum absolute atomic E-state index is 0.0203. The largest absolute Gasteiger partial charge is 0.315 e. The lowest BCUT2D eigenvalue weighted by Gasteiger charge is -2.23. The molecule has 1 atom stereocenters.